The molecule has 0 radical (unpaired) electrons. The van der Waals surface area contributed by atoms with Crippen molar-refractivity contribution < 1.29 is 30.7 Å². The summed E-state index contributed by atoms with van der Waals surface area (Å²) in [5.41, 5.74) is -7.64. The summed E-state index contributed by atoms with van der Waals surface area (Å²) in [6, 6.07) is 5.67. The molecular formula is C15H10BrF7N2. The Kier molecular flexibility index (Phi) is 5.13. The van der Waals surface area contributed by atoms with Gasteiger partial charge in [0.1, 0.15) is 10.3 Å². The lowest BCUT2D eigenvalue weighted by atomic mass is 9.90. The molecule has 2 nitrogen and oxygen atoms in total. The highest BCUT2D eigenvalue weighted by atomic mass is 79.9. The van der Waals surface area contributed by atoms with Crippen molar-refractivity contribution in [1.29, 1.82) is 0 Å². The van der Waals surface area contributed by atoms with Crippen molar-refractivity contribution in [2.45, 2.75) is 31.4 Å². The van der Waals surface area contributed by atoms with Gasteiger partial charge in [-0.1, -0.05) is 6.07 Å². The molecule has 2 rings (SSSR count). The van der Waals surface area contributed by atoms with Crippen LogP contribution in [0.1, 0.15) is 22.5 Å². The van der Waals surface area contributed by atoms with Crippen LogP contribution in [-0.4, -0.2) is 22.3 Å². The van der Waals surface area contributed by atoms with E-state index in [0.29, 0.717) is 0 Å². The first kappa shape index (κ1) is 19.6. The molecule has 2 aromatic rings. The number of nitrogens with zero attached hydrogens (tertiary/aromatic N) is 2. The number of alkyl halides is 7. The third-order valence-electron chi connectivity index (χ3n) is 3.51. The fourth-order valence-electron chi connectivity index (χ4n) is 2.28. The molecule has 0 fully saturated rings. The van der Waals surface area contributed by atoms with Crippen molar-refractivity contribution in [3.8, 4) is 0 Å². The number of pyridine rings is 2. The quantitative estimate of drug-likeness (QED) is 0.479. The maximum absolute atomic E-state index is 14.5. The van der Waals surface area contributed by atoms with Crippen molar-refractivity contribution in [1.82, 2.24) is 9.97 Å². The van der Waals surface area contributed by atoms with Crippen LogP contribution < -0.4 is 0 Å². The largest absolute Gasteiger partial charge is 0.437 e. The summed E-state index contributed by atoms with van der Waals surface area (Å²) >= 11 is 2.73. The van der Waals surface area contributed by atoms with Crippen LogP contribution in [0.5, 0.6) is 0 Å². The number of aryl methyl sites for hydroxylation is 1. The molecule has 0 aliphatic heterocycles. The molecule has 2 heterocycles. The molecule has 0 saturated heterocycles. The maximum Gasteiger partial charge on any atom is 0.437 e. The van der Waals surface area contributed by atoms with E-state index in [1.54, 1.807) is 0 Å². The molecular weight excluding hydrogens is 421 g/mol. The summed E-state index contributed by atoms with van der Waals surface area (Å²) in [7, 11) is 0. The van der Waals surface area contributed by atoms with Crippen molar-refractivity contribution >= 4 is 15.9 Å². The minimum atomic E-state index is -6.23. The highest BCUT2D eigenvalue weighted by molar-refractivity contribution is 9.10. The van der Waals surface area contributed by atoms with E-state index < -0.39 is 35.7 Å². The first-order valence-electron chi connectivity index (χ1n) is 6.76. The number of hydrogen-bond donors (Lipinski definition) is 0. The third kappa shape index (κ3) is 3.63. The molecule has 0 aliphatic rings. The lowest BCUT2D eigenvalue weighted by Crippen LogP contribution is -2.51. The maximum atomic E-state index is 14.5. The highest BCUT2D eigenvalue weighted by Crippen LogP contribution is 2.54. The molecule has 136 valence electrons. The summed E-state index contributed by atoms with van der Waals surface area (Å²) in [4.78, 5) is 7.07. The smallest absolute Gasteiger partial charge is 0.261 e. The van der Waals surface area contributed by atoms with Crippen molar-refractivity contribution in [2.75, 3.05) is 0 Å². The first-order valence-corrected chi connectivity index (χ1v) is 7.56. The second-order valence-electron chi connectivity index (χ2n) is 5.24. The number of rotatable bonds is 3. The predicted octanol–water partition coefficient (Wildman–Crippen LogP) is 5.43. The van der Waals surface area contributed by atoms with Gasteiger partial charge in [0.05, 0.1) is 0 Å². The Morgan fingerprint density at radius 3 is 2.08 bits per heavy atom. The SMILES string of the molecule is Cc1cc(Br)nc(C(F)(C(F)(F)F)C(F)(F)F)c1Cc1ccccn1. The van der Waals surface area contributed by atoms with Crippen LogP contribution in [0.4, 0.5) is 30.7 Å². The summed E-state index contributed by atoms with van der Waals surface area (Å²) < 4.78 is 92.8. The fourth-order valence-corrected chi connectivity index (χ4v) is 2.80. The van der Waals surface area contributed by atoms with E-state index in [1.165, 1.54) is 37.4 Å². The molecule has 0 aliphatic carbocycles. The molecule has 0 aromatic carbocycles. The van der Waals surface area contributed by atoms with E-state index >= 15 is 0 Å². The van der Waals surface area contributed by atoms with Crippen molar-refractivity contribution in [3.63, 3.8) is 0 Å². The average Bonchev–Trinajstić information content (AvgIpc) is 2.47. The van der Waals surface area contributed by atoms with Crippen LogP contribution in [0.2, 0.25) is 0 Å². The summed E-state index contributed by atoms with van der Waals surface area (Å²) in [5, 5.41) is 0. The molecule has 0 amide bonds. The standard InChI is InChI=1S/C15H10BrF7N2/c1-8-6-11(16)25-12(10(8)7-9-4-2-3-5-24-9)13(17,14(18,19)20)15(21,22)23/h2-6H,7H2,1H3. The fraction of sp³-hybridized carbons (Fsp3) is 0.333. The van der Waals surface area contributed by atoms with Crippen LogP contribution in [0.15, 0.2) is 35.1 Å². The molecule has 0 bridgehead atoms. The van der Waals surface area contributed by atoms with Gasteiger partial charge in [0.2, 0.25) is 0 Å². The van der Waals surface area contributed by atoms with E-state index in [2.05, 4.69) is 25.9 Å². The molecule has 0 N–H and O–H groups in total. The molecule has 25 heavy (non-hydrogen) atoms. The zero-order valence-corrected chi connectivity index (χ0v) is 14.1. The Hall–Kier alpha value is -1.71. The zero-order valence-electron chi connectivity index (χ0n) is 12.5. The molecule has 0 spiro atoms. The lowest BCUT2D eigenvalue weighted by Gasteiger charge is -2.31. The average molecular weight is 431 g/mol. The van der Waals surface area contributed by atoms with E-state index in [1.807, 2.05) is 0 Å². The Labute approximate surface area is 146 Å². The van der Waals surface area contributed by atoms with Gasteiger partial charge in [-0.3, -0.25) is 4.98 Å². The summed E-state index contributed by atoms with van der Waals surface area (Å²) in [6.07, 6.45) is -11.6. The van der Waals surface area contributed by atoms with E-state index in [9.17, 15) is 30.7 Å². The van der Waals surface area contributed by atoms with Gasteiger partial charge >= 0.3 is 18.0 Å². The Morgan fingerprint density at radius 2 is 1.60 bits per heavy atom. The Morgan fingerprint density at radius 1 is 1.00 bits per heavy atom. The first-order chi connectivity index (χ1) is 11.4. The van der Waals surface area contributed by atoms with E-state index in [4.69, 9.17) is 0 Å². The van der Waals surface area contributed by atoms with Crippen molar-refractivity contribution in [2.24, 2.45) is 0 Å². The normalized spacial score (nSPS) is 13.2. The van der Waals surface area contributed by atoms with Gasteiger partial charge in [-0.25, -0.2) is 9.37 Å². The van der Waals surface area contributed by atoms with Gasteiger partial charge in [-0.2, -0.15) is 26.3 Å². The zero-order chi connectivity index (χ0) is 19.0. The minimum absolute atomic E-state index is 0.0260. The van der Waals surface area contributed by atoms with Crippen LogP contribution in [-0.2, 0) is 12.1 Å². The summed E-state index contributed by atoms with van der Waals surface area (Å²) in [5.74, 6) is 0. The van der Waals surface area contributed by atoms with E-state index in [-0.39, 0.29) is 15.9 Å². The van der Waals surface area contributed by atoms with Crippen LogP contribution in [0.3, 0.4) is 0 Å². The third-order valence-corrected chi connectivity index (χ3v) is 3.91. The second-order valence-corrected chi connectivity index (χ2v) is 6.05. The van der Waals surface area contributed by atoms with Gasteiger partial charge in [-0.15, -0.1) is 0 Å². The van der Waals surface area contributed by atoms with Crippen molar-refractivity contribution in [3.05, 3.63) is 57.6 Å². The number of hydrogen-bond acceptors (Lipinski definition) is 2. The minimum Gasteiger partial charge on any atom is -0.261 e. The summed E-state index contributed by atoms with van der Waals surface area (Å²) in [6.45, 7) is 1.28. The topological polar surface area (TPSA) is 25.8 Å². The van der Waals surface area contributed by atoms with Gasteiger partial charge in [-0.05, 0) is 52.2 Å². The van der Waals surface area contributed by atoms with E-state index in [0.717, 1.165) is 0 Å². The molecule has 0 unspecified atom stereocenters. The Balaban J connectivity index is 2.75. The predicted molar refractivity (Wildman–Crippen MR) is 78.6 cm³/mol. The van der Waals surface area contributed by atoms with Gasteiger partial charge < -0.3 is 0 Å². The molecule has 10 heteroatoms. The molecule has 0 saturated carbocycles. The van der Waals surface area contributed by atoms with Gasteiger partial charge in [0.15, 0.2) is 0 Å². The highest BCUT2D eigenvalue weighted by Gasteiger charge is 2.75. The van der Waals surface area contributed by atoms with Gasteiger partial charge in [0, 0.05) is 18.3 Å². The molecule has 0 atom stereocenters. The molecule has 2 aromatic heterocycles. The van der Waals surface area contributed by atoms with Crippen LogP contribution >= 0.6 is 15.9 Å². The second kappa shape index (κ2) is 6.54. The van der Waals surface area contributed by atoms with Crippen LogP contribution in [0, 0.1) is 6.92 Å². The Bertz CT molecular complexity index is 743. The monoisotopic (exact) mass is 430 g/mol. The number of halogens is 8. The number of aromatic nitrogens is 2. The van der Waals surface area contributed by atoms with Crippen LogP contribution in [0.25, 0.3) is 0 Å². The lowest BCUT2D eigenvalue weighted by molar-refractivity contribution is -0.350. The van der Waals surface area contributed by atoms with Gasteiger partial charge in [0.25, 0.3) is 0 Å².